The van der Waals surface area contributed by atoms with E-state index in [-0.39, 0.29) is 22.8 Å². The van der Waals surface area contributed by atoms with E-state index < -0.39 is 0 Å². The van der Waals surface area contributed by atoms with Crippen LogP contribution in [0.2, 0.25) is 0 Å². The second-order valence-electron chi connectivity index (χ2n) is 4.60. The summed E-state index contributed by atoms with van der Waals surface area (Å²) in [7, 11) is 4.89. The van der Waals surface area contributed by atoms with Gasteiger partial charge in [0.05, 0.1) is 0 Å². The molecular formula is C9H17BNO2P. The highest BCUT2D eigenvalue weighted by Gasteiger charge is 2.38. The van der Waals surface area contributed by atoms with E-state index in [4.69, 9.17) is 0 Å². The first-order valence-electron chi connectivity index (χ1n) is 4.95. The van der Waals surface area contributed by atoms with Gasteiger partial charge in [-0.3, -0.25) is 14.9 Å². The van der Waals surface area contributed by atoms with Crippen LogP contribution in [0.1, 0.15) is 26.7 Å². The second kappa shape index (κ2) is 4.02. The van der Waals surface area contributed by atoms with Crippen molar-refractivity contribution in [1.82, 2.24) is 5.32 Å². The maximum atomic E-state index is 11.2. The summed E-state index contributed by atoms with van der Waals surface area (Å²) >= 11 is 0. The summed E-state index contributed by atoms with van der Waals surface area (Å²) in [5.41, 5.74) is 0. The fraction of sp³-hybridized carbons (Fsp3) is 0.778. The zero-order valence-electron chi connectivity index (χ0n) is 8.96. The topological polar surface area (TPSA) is 46.2 Å². The van der Waals surface area contributed by atoms with E-state index in [1.807, 2.05) is 0 Å². The highest BCUT2D eigenvalue weighted by molar-refractivity contribution is 7.22. The summed E-state index contributed by atoms with van der Waals surface area (Å²) in [5, 5.41) is 2.30. The molecule has 1 rings (SSSR count). The highest BCUT2D eigenvalue weighted by atomic mass is 31.0. The van der Waals surface area contributed by atoms with Gasteiger partial charge in [0.1, 0.15) is 7.85 Å². The predicted octanol–water partition coefficient (Wildman–Crippen LogP) is -0.100. The summed E-state index contributed by atoms with van der Waals surface area (Å²) in [6.45, 7) is 4.23. The standard InChI is InChI=1S/C9H17BNO2P/c1-5(2)9(10,14)6-3-7(12)11-8(13)4-6/h5-6H,3-4,10,14H2,1-2H3,(H,11,12,13). The van der Waals surface area contributed by atoms with Gasteiger partial charge in [-0.15, -0.1) is 9.24 Å². The predicted molar refractivity (Wildman–Crippen MR) is 61.7 cm³/mol. The molecule has 0 aromatic carbocycles. The minimum atomic E-state index is -0.138. The van der Waals surface area contributed by atoms with Gasteiger partial charge >= 0.3 is 0 Å². The summed E-state index contributed by atoms with van der Waals surface area (Å²) in [6, 6.07) is 0. The molecule has 0 aromatic heterocycles. The monoisotopic (exact) mass is 213 g/mol. The van der Waals surface area contributed by atoms with Gasteiger partial charge in [-0.05, 0) is 16.9 Å². The Labute approximate surface area is 88.0 Å². The third kappa shape index (κ3) is 2.36. The molecule has 2 atom stereocenters. The van der Waals surface area contributed by atoms with E-state index in [0.29, 0.717) is 18.8 Å². The number of rotatable bonds is 2. The number of piperidine rings is 1. The largest absolute Gasteiger partial charge is 0.296 e. The molecule has 0 spiro atoms. The lowest BCUT2D eigenvalue weighted by Gasteiger charge is -2.39. The van der Waals surface area contributed by atoms with E-state index in [9.17, 15) is 9.59 Å². The summed E-state index contributed by atoms with van der Waals surface area (Å²) < 4.78 is 0. The van der Waals surface area contributed by atoms with Gasteiger partial charge in [0.15, 0.2) is 0 Å². The molecule has 0 saturated carbocycles. The van der Waals surface area contributed by atoms with Gasteiger partial charge < -0.3 is 0 Å². The van der Waals surface area contributed by atoms with Crippen LogP contribution in [0, 0.1) is 11.8 Å². The zero-order chi connectivity index (χ0) is 10.9. The normalized spacial score (nSPS) is 23.4. The van der Waals surface area contributed by atoms with Crippen LogP contribution in [-0.4, -0.2) is 24.7 Å². The fourth-order valence-electron chi connectivity index (χ4n) is 1.69. The Hall–Kier alpha value is -0.365. The number of hydrogen-bond acceptors (Lipinski definition) is 2. The molecule has 1 N–H and O–H groups in total. The summed E-state index contributed by atoms with van der Waals surface area (Å²) in [5.74, 6) is 0.311. The second-order valence-corrected chi connectivity index (χ2v) is 5.84. The fourth-order valence-corrected chi connectivity index (χ4v) is 1.92. The number of imide groups is 1. The lowest BCUT2D eigenvalue weighted by molar-refractivity contribution is -0.135. The van der Waals surface area contributed by atoms with Crippen LogP contribution >= 0.6 is 9.24 Å². The molecule has 2 amide bonds. The molecular weight excluding hydrogens is 196 g/mol. The lowest BCUT2D eigenvalue weighted by atomic mass is 9.65. The number of amides is 2. The van der Waals surface area contributed by atoms with Gasteiger partial charge in [0.25, 0.3) is 0 Å². The van der Waals surface area contributed by atoms with Gasteiger partial charge in [0, 0.05) is 12.8 Å². The van der Waals surface area contributed by atoms with Crippen LogP contribution in [-0.2, 0) is 9.59 Å². The molecule has 78 valence electrons. The first kappa shape index (κ1) is 11.7. The molecule has 5 heteroatoms. The first-order chi connectivity index (χ1) is 6.34. The van der Waals surface area contributed by atoms with E-state index in [0.717, 1.165) is 0 Å². The van der Waals surface area contributed by atoms with Crippen molar-refractivity contribution in [2.24, 2.45) is 11.8 Å². The zero-order valence-corrected chi connectivity index (χ0v) is 10.1. The van der Waals surface area contributed by atoms with E-state index >= 15 is 0 Å². The van der Waals surface area contributed by atoms with Crippen LogP contribution in [0.4, 0.5) is 0 Å². The van der Waals surface area contributed by atoms with Crippen LogP contribution in [0.15, 0.2) is 0 Å². The molecule has 2 unspecified atom stereocenters. The Morgan fingerprint density at radius 3 is 2.21 bits per heavy atom. The Morgan fingerprint density at radius 2 is 1.86 bits per heavy atom. The molecule has 14 heavy (non-hydrogen) atoms. The number of carbonyl (C=O) groups excluding carboxylic acids is 2. The van der Waals surface area contributed by atoms with Crippen molar-refractivity contribution >= 4 is 28.9 Å². The Kier molecular flexibility index (Phi) is 3.36. The van der Waals surface area contributed by atoms with Crippen molar-refractivity contribution in [3.63, 3.8) is 0 Å². The number of nitrogens with one attached hydrogen (secondary N) is 1. The molecule has 0 aliphatic carbocycles. The van der Waals surface area contributed by atoms with Crippen molar-refractivity contribution in [2.45, 2.75) is 31.7 Å². The SMILES string of the molecule is BC(P)(C(C)C)C1CC(=O)NC(=O)C1. The van der Waals surface area contributed by atoms with Crippen molar-refractivity contribution in [3.05, 3.63) is 0 Å². The van der Waals surface area contributed by atoms with Crippen LogP contribution < -0.4 is 5.32 Å². The van der Waals surface area contributed by atoms with Crippen LogP contribution in [0.5, 0.6) is 0 Å². The van der Waals surface area contributed by atoms with Crippen molar-refractivity contribution < 1.29 is 9.59 Å². The molecule has 1 fully saturated rings. The summed E-state index contributed by atoms with van der Waals surface area (Å²) in [6.07, 6.45) is 0.924. The van der Waals surface area contributed by atoms with Crippen molar-refractivity contribution in [3.8, 4) is 0 Å². The highest BCUT2D eigenvalue weighted by Crippen LogP contribution is 2.37. The molecule has 3 nitrogen and oxygen atoms in total. The average molecular weight is 213 g/mol. The van der Waals surface area contributed by atoms with Gasteiger partial charge in [-0.25, -0.2) is 0 Å². The smallest absolute Gasteiger partial charge is 0.226 e. The van der Waals surface area contributed by atoms with Gasteiger partial charge in [-0.1, -0.05) is 13.8 Å². The molecule has 1 heterocycles. The minimum absolute atomic E-state index is 0.0343. The molecule has 0 aromatic rings. The third-order valence-corrected chi connectivity index (χ3v) is 4.40. The minimum Gasteiger partial charge on any atom is -0.296 e. The average Bonchev–Trinajstić information content (AvgIpc) is 2.01. The van der Waals surface area contributed by atoms with Crippen molar-refractivity contribution in [1.29, 1.82) is 0 Å². The third-order valence-electron chi connectivity index (χ3n) is 3.27. The quantitative estimate of drug-likeness (QED) is 0.395. The Bertz CT molecular complexity index is 250. The number of hydrogen-bond donors (Lipinski definition) is 1. The molecule has 1 saturated heterocycles. The van der Waals surface area contributed by atoms with Gasteiger partial charge in [-0.2, -0.15) is 0 Å². The lowest BCUT2D eigenvalue weighted by Crippen LogP contribution is -2.48. The summed E-state index contributed by atoms with van der Waals surface area (Å²) in [4.78, 5) is 22.4. The maximum absolute atomic E-state index is 11.2. The van der Waals surface area contributed by atoms with E-state index in [1.54, 1.807) is 0 Å². The van der Waals surface area contributed by atoms with Crippen LogP contribution in [0.3, 0.4) is 0 Å². The molecule has 1 aliphatic heterocycles. The van der Waals surface area contributed by atoms with Crippen LogP contribution in [0.25, 0.3) is 0 Å². The molecule has 1 aliphatic rings. The number of carbonyl (C=O) groups is 2. The Balaban J connectivity index is 2.77. The van der Waals surface area contributed by atoms with E-state index in [1.165, 1.54) is 0 Å². The van der Waals surface area contributed by atoms with Gasteiger partial charge in [0.2, 0.25) is 11.8 Å². The Morgan fingerprint density at radius 1 is 1.43 bits per heavy atom. The van der Waals surface area contributed by atoms with Crippen molar-refractivity contribution in [2.75, 3.05) is 0 Å². The molecule has 0 radical (unpaired) electrons. The molecule has 0 bridgehead atoms. The first-order valence-corrected chi connectivity index (χ1v) is 5.53. The van der Waals surface area contributed by atoms with E-state index in [2.05, 4.69) is 36.3 Å². The maximum Gasteiger partial charge on any atom is 0.226 e.